The number of anilines is 2. The summed E-state index contributed by atoms with van der Waals surface area (Å²) >= 11 is 6.06. The average molecular weight is 434 g/mol. The van der Waals surface area contributed by atoms with E-state index in [1.165, 1.54) is 12.3 Å². The molecule has 0 aliphatic carbocycles. The Kier molecular flexibility index (Phi) is 5.96. The number of ether oxygens (including phenoxy) is 1. The van der Waals surface area contributed by atoms with Crippen LogP contribution in [0.15, 0.2) is 89.8 Å². The number of rotatable bonds is 6. The summed E-state index contributed by atoms with van der Waals surface area (Å²) in [6.45, 7) is 0. The van der Waals surface area contributed by atoms with Crippen LogP contribution < -0.4 is 15.4 Å². The molecule has 0 atom stereocenters. The lowest BCUT2D eigenvalue weighted by atomic mass is 10.2. The molecule has 7 nitrogen and oxygen atoms in total. The van der Waals surface area contributed by atoms with E-state index in [0.717, 1.165) is 0 Å². The number of aromatic nitrogens is 1. The molecule has 4 aromatic rings. The van der Waals surface area contributed by atoms with Crippen LogP contribution in [-0.2, 0) is 0 Å². The maximum absolute atomic E-state index is 12.7. The van der Waals surface area contributed by atoms with Crippen LogP contribution in [0.2, 0.25) is 5.02 Å². The van der Waals surface area contributed by atoms with E-state index in [4.69, 9.17) is 20.8 Å². The fourth-order valence-corrected chi connectivity index (χ4v) is 2.91. The van der Waals surface area contributed by atoms with Crippen LogP contribution >= 0.6 is 11.6 Å². The van der Waals surface area contributed by atoms with Crippen molar-refractivity contribution in [3.8, 4) is 11.5 Å². The number of halogens is 1. The van der Waals surface area contributed by atoms with Crippen LogP contribution in [0.4, 0.5) is 11.4 Å². The predicted octanol–water partition coefficient (Wildman–Crippen LogP) is 5.62. The second kappa shape index (κ2) is 9.15. The third kappa shape index (κ3) is 5.09. The van der Waals surface area contributed by atoms with E-state index in [2.05, 4.69) is 15.6 Å². The Morgan fingerprint density at radius 1 is 0.871 bits per heavy atom. The van der Waals surface area contributed by atoms with Crippen molar-refractivity contribution in [3.63, 3.8) is 0 Å². The molecule has 154 valence electrons. The van der Waals surface area contributed by atoms with Crippen LogP contribution in [0.1, 0.15) is 20.9 Å². The molecule has 0 aliphatic heterocycles. The van der Waals surface area contributed by atoms with Gasteiger partial charge in [-0.05, 0) is 66.7 Å². The molecule has 4 rings (SSSR count). The van der Waals surface area contributed by atoms with Crippen molar-refractivity contribution in [3.05, 3.63) is 102 Å². The smallest absolute Gasteiger partial charge is 0.291 e. The molecule has 0 fully saturated rings. The number of hydrogen-bond acceptors (Lipinski definition) is 5. The van der Waals surface area contributed by atoms with Crippen LogP contribution in [0.3, 0.4) is 0 Å². The van der Waals surface area contributed by atoms with Gasteiger partial charge in [-0.1, -0.05) is 11.6 Å². The van der Waals surface area contributed by atoms with Gasteiger partial charge in [0, 0.05) is 16.8 Å². The van der Waals surface area contributed by atoms with Crippen molar-refractivity contribution in [2.24, 2.45) is 0 Å². The van der Waals surface area contributed by atoms with E-state index in [1.807, 2.05) is 0 Å². The van der Waals surface area contributed by atoms with Gasteiger partial charge in [-0.2, -0.15) is 0 Å². The molecule has 2 N–H and O–H groups in total. The van der Waals surface area contributed by atoms with Gasteiger partial charge in [-0.3, -0.25) is 14.6 Å². The third-order valence-electron chi connectivity index (χ3n) is 4.21. The quantitative estimate of drug-likeness (QED) is 0.411. The Morgan fingerprint density at radius 2 is 1.68 bits per heavy atom. The Labute approximate surface area is 182 Å². The molecule has 8 heteroatoms. The molecule has 0 saturated heterocycles. The number of benzene rings is 2. The van der Waals surface area contributed by atoms with E-state index in [0.29, 0.717) is 33.5 Å². The maximum Gasteiger partial charge on any atom is 0.291 e. The molecule has 2 amide bonds. The topological polar surface area (TPSA) is 93.5 Å². The highest BCUT2D eigenvalue weighted by atomic mass is 35.5. The van der Waals surface area contributed by atoms with Gasteiger partial charge in [0.2, 0.25) is 0 Å². The number of amides is 2. The van der Waals surface area contributed by atoms with Gasteiger partial charge in [-0.15, -0.1) is 0 Å². The number of pyridine rings is 1. The number of hydrogen-bond donors (Lipinski definition) is 2. The number of nitrogens with zero attached hydrogens (tertiary/aromatic N) is 1. The SMILES string of the molecule is O=C(Nc1ccc(Cl)cc1NC(=O)c1ccco1)c1ccc(Oc2cccnc2)cc1. The summed E-state index contributed by atoms with van der Waals surface area (Å²) in [5.41, 5.74) is 1.15. The molecule has 0 spiro atoms. The summed E-state index contributed by atoms with van der Waals surface area (Å²) in [7, 11) is 0. The van der Waals surface area contributed by atoms with Crippen molar-refractivity contribution < 1.29 is 18.7 Å². The number of nitrogens with one attached hydrogen (secondary N) is 2. The normalized spacial score (nSPS) is 10.4. The zero-order chi connectivity index (χ0) is 21.6. The summed E-state index contributed by atoms with van der Waals surface area (Å²) < 4.78 is 10.8. The van der Waals surface area contributed by atoms with Crippen molar-refractivity contribution in [2.45, 2.75) is 0 Å². The molecule has 2 heterocycles. The minimum Gasteiger partial charge on any atom is -0.459 e. The molecule has 2 aromatic carbocycles. The summed E-state index contributed by atoms with van der Waals surface area (Å²) in [5.74, 6) is 0.491. The minimum atomic E-state index is -0.459. The molecule has 0 bridgehead atoms. The van der Waals surface area contributed by atoms with Crippen molar-refractivity contribution in [1.82, 2.24) is 4.98 Å². The highest BCUT2D eigenvalue weighted by Crippen LogP contribution is 2.27. The highest BCUT2D eigenvalue weighted by Gasteiger charge is 2.14. The number of carbonyl (C=O) groups is 2. The monoisotopic (exact) mass is 433 g/mol. The van der Waals surface area contributed by atoms with E-state index in [1.54, 1.807) is 73.1 Å². The van der Waals surface area contributed by atoms with E-state index < -0.39 is 5.91 Å². The van der Waals surface area contributed by atoms with Crippen LogP contribution in [0.5, 0.6) is 11.5 Å². The van der Waals surface area contributed by atoms with Gasteiger partial charge in [-0.25, -0.2) is 0 Å². The molecule has 0 saturated carbocycles. The van der Waals surface area contributed by atoms with Gasteiger partial charge in [0.15, 0.2) is 5.76 Å². The van der Waals surface area contributed by atoms with Crippen molar-refractivity contribution >= 4 is 34.8 Å². The summed E-state index contributed by atoms with van der Waals surface area (Å²) in [6, 6.07) is 18.1. The lowest BCUT2D eigenvalue weighted by molar-refractivity contribution is 0.0993. The Morgan fingerprint density at radius 3 is 2.39 bits per heavy atom. The van der Waals surface area contributed by atoms with Crippen LogP contribution in [-0.4, -0.2) is 16.8 Å². The van der Waals surface area contributed by atoms with Gasteiger partial charge in [0.1, 0.15) is 11.5 Å². The standard InChI is InChI=1S/C23H16ClN3O4/c24-16-7-10-19(20(13-16)27-23(29)21-4-2-12-30-21)26-22(28)15-5-8-17(9-6-15)31-18-3-1-11-25-14-18/h1-14H,(H,26,28)(H,27,29). The molecule has 0 aliphatic rings. The van der Waals surface area contributed by atoms with Crippen LogP contribution in [0, 0.1) is 0 Å². The van der Waals surface area contributed by atoms with Gasteiger partial charge in [0.25, 0.3) is 11.8 Å². The largest absolute Gasteiger partial charge is 0.459 e. The molecule has 31 heavy (non-hydrogen) atoms. The first-order valence-electron chi connectivity index (χ1n) is 9.22. The molecule has 0 unspecified atom stereocenters. The van der Waals surface area contributed by atoms with E-state index >= 15 is 0 Å². The van der Waals surface area contributed by atoms with Crippen LogP contribution in [0.25, 0.3) is 0 Å². The Hall–Kier alpha value is -4.10. The number of carbonyl (C=O) groups excluding carboxylic acids is 2. The first kappa shape index (κ1) is 20.2. The first-order valence-corrected chi connectivity index (χ1v) is 9.60. The molecular weight excluding hydrogens is 418 g/mol. The fourth-order valence-electron chi connectivity index (χ4n) is 2.73. The van der Waals surface area contributed by atoms with Crippen molar-refractivity contribution in [1.29, 1.82) is 0 Å². The Balaban J connectivity index is 1.47. The second-order valence-corrected chi connectivity index (χ2v) is 6.83. The lowest BCUT2D eigenvalue weighted by Gasteiger charge is -2.13. The van der Waals surface area contributed by atoms with Crippen molar-refractivity contribution in [2.75, 3.05) is 10.6 Å². The second-order valence-electron chi connectivity index (χ2n) is 6.39. The van der Waals surface area contributed by atoms with Gasteiger partial charge < -0.3 is 19.8 Å². The molecule has 0 radical (unpaired) electrons. The first-order chi connectivity index (χ1) is 15.1. The zero-order valence-corrected chi connectivity index (χ0v) is 16.8. The van der Waals surface area contributed by atoms with Gasteiger partial charge in [0.05, 0.1) is 23.8 Å². The number of furan rings is 1. The predicted molar refractivity (Wildman–Crippen MR) is 117 cm³/mol. The Bertz CT molecular complexity index is 1190. The van der Waals surface area contributed by atoms with E-state index in [-0.39, 0.29) is 11.7 Å². The highest BCUT2D eigenvalue weighted by molar-refractivity contribution is 6.31. The van der Waals surface area contributed by atoms with Gasteiger partial charge >= 0.3 is 0 Å². The maximum atomic E-state index is 12.7. The van der Waals surface area contributed by atoms with E-state index in [9.17, 15) is 9.59 Å². The summed E-state index contributed by atoms with van der Waals surface area (Å²) in [6.07, 6.45) is 4.65. The minimum absolute atomic E-state index is 0.140. The lowest BCUT2D eigenvalue weighted by Crippen LogP contribution is -2.16. The summed E-state index contributed by atoms with van der Waals surface area (Å²) in [5, 5.41) is 5.88. The molecular formula is C23H16ClN3O4. The zero-order valence-electron chi connectivity index (χ0n) is 16.0. The third-order valence-corrected chi connectivity index (χ3v) is 4.44. The summed E-state index contributed by atoms with van der Waals surface area (Å²) in [4.78, 5) is 29.0. The average Bonchev–Trinajstić information content (AvgIpc) is 3.32. The molecule has 2 aromatic heterocycles. The fraction of sp³-hybridized carbons (Fsp3) is 0.